The van der Waals surface area contributed by atoms with Crippen molar-refractivity contribution in [1.82, 2.24) is 4.90 Å². The van der Waals surface area contributed by atoms with Crippen LogP contribution in [0.2, 0.25) is 0 Å². The molecule has 1 fully saturated rings. The van der Waals surface area contributed by atoms with Gasteiger partial charge in [-0.3, -0.25) is 0 Å². The van der Waals surface area contributed by atoms with Crippen molar-refractivity contribution in [2.45, 2.75) is 25.2 Å². The molecule has 1 aliphatic rings. The molecule has 17 heavy (non-hydrogen) atoms. The predicted octanol–water partition coefficient (Wildman–Crippen LogP) is 2.70. The molecule has 0 atom stereocenters. The van der Waals surface area contributed by atoms with Crippen LogP contribution in [0.15, 0.2) is 24.3 Å². The van der Waals surface area contributed by atoms with Gasteiger partial charge in [0.15, 0.2) is 0 Å². The molecule has 0 aliphatic carbocycles. The van der Waals surface area contributed by atoms with Gasteiger partial charge < -0.3 is 4.90 Å². The zero-order chi connectivity index (χ0) is 12.3. The van der Waals surface area contributed by atoms with Gasteiger partial charge >= 0.3 is 0 Å². The van der Waals surface area contributed by atoms with Gasteiger partial charge in [0.1, 0.15) is 5.82 Å². The lowest BCUT2D eigenvalue weighted by Crippen LogP contribution is -2.42. The van der Waals surface area contributed by atoms with Crippen molar-refractivity contribution in [3.63, 3.8) is 0 Å². The van der Waals surface area contributed by atoms with E-state index in [2.05, 4.69) is 17.9 Å². The van der Waals surface area contributed by atoms with Crippen LogP contribution in [0.3, 0.4) is 0 Å². The highest BCUT2D eigenvalue weighted by Crippen LogP contribution is 2.36. The molecular formula is C14H17FN2. The van der Waals surface area contributed by atoms with Crippen molar-refractivity contribution < 1.29 is 4.39 Å². The molecule has 2 rings (SSSR count). The molecule has 1 aliphatic heterocycles. The Kier molecular flexibility index (Phi) is 3.44. The van der Waals surface area contributed by atoms with Crippen molar-refractivity contribution in [3.8, 4) is 6.07 Å². The molecule has 3 heteroatoms. The predicted molar refractivity (Wildman–Crippen MR) is 65.0 cm³/mol. The van der Waals surface area contributed by atoms with E-state index in [4.69, 9.17) is 0 Å². The quantitative estimate of drug-likeness (QED) is 0.784. The van der Waals surface area contributed by atoms with Crippen LogP contribution >= 0.6 is 0 Å². The Hall–Kier alpha value is -1.40. The van der Waals surface area contributed by atoms with E-state index in [0.717, 1.165) is 32.5 Å². The summed E-state index contributed by atoms with van der Waals surface area (Å²) in [5.41, 5.74) is -0.0601. The highest BCUT2D eigenvalue weighted by molar-refractivity contribution is 5.34. The van der Waals surface area contributed by atoms with Crippen LogP contribution in [0.5, 0.6) is 0 Å². The van der Waals surface area contributed by atoms with Crippen molar-refractivity contribution in [2.75, 3.05) is 19.6 Å². The summed E-state index contributed by atoms with van der Waals surface area (Å²) in [6.07, 6.45) is 1.44. The van der Waals surface area contributed by atoms with Gasteiger partial charge in [-0.25, -0.2) is 4.39 Å². The van der Waals surface area contributed by atoms with Gasteiger partial charge in [0.05, 0.1) is 11.5 Å². The topological polar surface area (TPSA) is 27.0 Å². The maximum absolute atomic E-state index is 13.8. The summed E-state index contributed by atoms with van der Waals surface area (Å²) in [5.74, 6) is -0.251. The van der Waals surface area contributed by atoms with Gasteiger partial charge in [-0.15, -0.1) is 0 Å². The Bertz CT molecular complexity index is 428. The Balaban J connectivity index is 2.29. The number of piperidine rings is 1. The normalized spacial score (nSPS) is 19.8. The van der Waals surface area contributed by atoms with Gasteiger partial charge in [-0.1, -0.05) is 25.1 Å². The van der Waals surface area contributed by atoms with Gasteiger partial charge in [0.25, 0.3) is 0 Å². The highest BCUT2D eigenvalue weighted by atomic mass is 19.1. The summed E-state index contributed by atoms with van der Waals surface area (Å²) in [4.78, 5) is 2.30. The molecule has 0 N–H and O–H groups in total. The summed E-state index contributed by atoms with van der Waals surface area (Å²) < 4.78 is 13.8. The number of likely N-dealkylation sites (tertiary alicyclic amines) is 1. The van der Waals surface area contributed by atoms with Crippen LogP contribution in [-0.4, -0.2) is 24.5 Å². The van der Waals surface area contributed by atoms with Gasteiger partial charge in [0, 0.05) is 5.56 Å². The van der Waals surface area contributed by atoms with Crippen molar-refractivity contribution in [3.05, 3.63) is 35.6 Å². The first-order valence-electron chi connectivity index (χ1n) is 6.10. The lowest BCUT2D eigenvalue weighted by Gasteiger charge is -2.37. The first-order chi connectivity index (χ1) is 8.22. The third-order valence-corrected chi connectivity index (χ3v) is 3.76. The van der Waals surface area contributed by atoms with Crippen molar-refractivity contribution >= 4 is 0 Å². The first kappa shape index (κ1) is 12.1. The second-order valence-electron chi connectivity index (χ2n) is 4.61. The number of nitriles is 1. The Labute approximate surface area is 102 Å². The minimum absolute atomic E-state index is 0.251. The zero-order valence-electron chi connectivity index (χ0n) is 10.1. The monoisotopic (exact) mass is 232 g/mol. The molecule has 0 spiro atoms. The van der Waals surface area contributed by atoms with E-state index in [9.17, 15) is 9.65 Å². The van der Waals surface area contributed by atoms with Crippen LogP contribution in [0.1, 0.15) is 25.3 Å². The first-order valence-corrected chi connectivity index (χ1v) is 6.10. The fourth-order valence-electron chi connectivity index (χ4n) is 2.54. The molecule has 1 saturated heterocycles. The van der Waals surface area contributed by atoms with E-state index in [1.165, 1.54) is 6.07 Å². The summed E-state index contributed by atoms with van der Waals surface area (Å²) in [5, 5.41) is 9.44. The lowest BCUT2D eigenvalue weighted by atomic mass is 9.74. The third kappa shape index (κ3) is 2.18. The molecule has 2 nitrogen and oxygen atoms in total. The minimum Gasteiger partial charge on any atom is -0.303 e. The van der Waals surface area contributed by atoms with Crippen LogP contribution in [0.4, 0.5) is 4.39 Å². The zero-order valence-corrected chi connectivity index (χ0v) is 10.1. The fourth-order valence-corrected chi connectivity index (χ4v) is 2.54. The molecular weight excluding hydrogens is 215 g/mol. The van der Waals surface area contributed by atoms with Gasteiger partial charge in [0.2, 0.25) is 0 Å². The Morgan fingerprint density at radius 1 is 1.35 bits per heavy atom. The molecule has 0 unspecified atom stereocenters. The summed E-state index contributed by atoms with van der Waals surface area (Å²) >= 11 is 0. The fraction of sp³-hybridized carbons (Fsp3) is 0.500. The SMILES string of the molecule is CCN1CCC(C#N)(c2ccccc2F)CC1. The Morgan fingerprint density at radius 2 is 2.00 bits per heavy atom. The summed E-state index contributed by atoms with van der Waals surface area (Å²) in [6, 6.07) is 9.03. The number of nitrogens with zero attached hydrogens (tertiary/aromatic N) is 2. The molecule has 0 bridgehead atoms. The number of halogens is 1. The lowest BCUT2D eigenvalue weighted by molar-refractivity contribution is 0.192. The summed E-state index contributed by atoms with van der Waals surface area (Å²) in [7, 11) is 0. The molecule has 0 aromatic heterocycles. The average molecular weight is 232 g/mol. The van der Waals surface area contributed by atoms with Crippen LogP contribution in [0, 0.1) is 17.1 Å². The second kappa shape index (κ2) is 4.85. The molecule has 0 radical (unpaired) electrons. The van der Waals surface area contributed by atoms with Crippen molar-refractivity contribution in [2.24, 2.45) is 0 Å². The standard InChI is InChI=1S/C14H17FN2/c1-2-17-9-7-14(11-16,8-10-17)12-5-3-4-6-13(12)15/h3-6H,2,7-10H2,1H3. The second-order valence-corrected chi connectivity index (χ2v) is 4.61. The van der Waals surface area contributed by atoms with Gasteiger partial charge in [-0.05, 0) is 38.5 Å². The van der Waals surface area contributed by atoms with Crippen LogP contribution in [-0.2, 0) is 5.41 Å². The molecule has 0 saturated carbocycles. The van der Waals surface area contributed by atoms with E-state index in [0.29, 0.717) is 5.56 Å². The number of hydrogen-bond donors (Lipinski definition) is 0. The number of hydrogen-bond acceptors (Lipinski definition) is 2. The Morgan fingerprint density at radius 3 is 2.53 bits per heavy atom. The molecule has 0 amide bonds. The molecule has 1 aromatic carbocycles. The maximum Gasteiger partial charge on any atom is 0.128 e. The molecule has 90 valence electrons. The smallest absolute Gasteiger partial charge is 0.128 e. The largest absolute Gasteiger partial charge is 0.303 e. The van der Waals surface area contributed by atoms with Crippen LogP contribution in [0.25, 0.3) is 0 Å². The molecule has 1 heterocycles. The minimum atomic E-state index is -0.628. The van der Waals surface area contributed by atoms with E-state index >= 15 is 0 Å². The van der Waals surface area contributed by atoms with E-state index in [1.54, 1.807) is 12.1 Å². The van der Waals surface area contributed by atoms with E-state index in [-0.39, 0.29) is 5.82 Å². The summed E-state index contributed by atoms with van der Waals surface area (Å²) in [6.45, 7) is 4.86. The third-order valence-electron chi connectivity index (χ3n) is 3.76. The highest BCUT2D eigenvalue weighted by Gasteiger charge is 2.37. The van der Waals surface area contributed by atoms with Crippen LogP contribution < -0.4 is 0 Å². The number of rotatable bonds is 2. The van der Waals surface area contributed by atoms with Crippen molar-refractivity contribution in [1.29, 1.82) is 5.26 Å². The number of benzene rings is 1. The maximum atomic E-state index is 13.8. The van der Waals surface area contributed by atoms with Gasteiger partial charge in [-0.2, -0.15) is 5.26 Å². The van der Waals surface area contributed by atoms with E-state index in [1.807, 2.05) is 6.07 Å². The average Bonchev–Trinajstić information content (AvgIpc) is 2.39. The van der Waals surface area contributed by atoms with E-state index < -0.39 is 5.41 Å². The molecule has 1 aromatic rings.